The van der Waals surface area contributed by atoms with Gasteiger partial charge >= 0.3 is 5.97 Å². The van der Waals surface area contributed by atoms with Crippen LogP contribution in [-0.2, 0) is 14.3 Å². The molecule has 0 radical (unpaired) electrons. The first-order valence-corrected chi connectivity index (χ1v) is 8.75. The predicted octanol–water partition coefficient (Wildman–Crippen LogP) is 2.75. The van der Waals surface area contributed by atoms with Gasteiger partial charge in [-0.05, 0) is 13.0 Å². The SMILES string of the molecule is CCOC(=O)C1=C(CC)OC(N)=C(C#N)C1c1ccc(OC)c(OC)c1OC. The van der Waals surface area contributed by atoms with E-state index in [1.165, 1.54) is 21.3 Å². The Morgan fingerprint density at radius 1 is 1.18 bits per heavy atom. The highest BCUT2D eigenvalue weighted by atomic mass is 16.5. The van der Waals surface area contributed by atoms with Crippen LogP contribution in [0, 0.1) is 11.3 Å². The van der Waals surface area contributed by atoms with Crippen molar-refractivity contribution in [3.8, 4) is 23.3 Å². The number of carbonyl (C=O) groups is 1. The van der Waals surface area contributed by atoms with Gasteiger partial charge in [0.25, 0.3) is 0 Å². The standard InChI is InChI=1S/C20H24N2O6/c1-6-13-16(20(23)27-7-2)15(12(10-21)19(22)28-13)11-8-9-14(24-3)18(26-5)17(11)25-4/h8-9,15H,6-7,22H2,1-5H3. The van der Waals surface area contributed by atoms with Gasteiger partial charge < -0.3 is 29.4 Å². The van der Waals surface area contributed by atoms with Crippen molar-refractivity contribution < 1.29 is 28.5 Å². The molecule has 0 fully saturated rings. The van der Waals surface area contributed by atoms with Crippen LogP contribution in [0.4, 0.5) is 0 Å². The molecule has 150 valence electrons. The van der Waals surface area contributed by atoms with Crippen LogP contribution in [0.3, 0.4) is 0 Å². The predicted molar refractivity (Wildman–Crippen MR) is 101 cm³/mol. The van der Waals surface area contributed by atoms with E-state index in [4.69, 9.17) is 29.4 Å². The van der Waals surface area contributed by atoms with Crippen LogP contribution in [0.2, 0.25) is 0 Å². The molecule has 28 heavy (non-hydrogen) atoms. The van der Waals surface area contributed by atoms with Crippen molar-refractivity contribution in [1.29, 1.82) is 5.26 Å². The number of methoxy groups -OCH3 is 3. The van der Waals surface area contributed by atoms with Gasteiger partial charge in [-0.1, -0.05) is 13.0 Å². The molecule has 1 aliphatic rings. The van der Waals surface area contributed by atoms with Crippen LogP contribution in [0.25, 0.3) is 0 Å². The lowest BCUT2D eigenvalue weighted by Crippen LogP contribution is -2.26. The van der Waals surface area contributed by atoms with E-state index < -0.39 is 11.9 Å². The summed E-state index contributed by atoms with van der Waals surface area (Å²) in [5, 5.41) is 9.73. The number of nitrogens with two attached hydrogens (primary N) is 1. The molecule has 0 bridgehead atoms. The summed E-state index contributed by atoms with van der Waals surface area (Å²) in [7, 11) is 4.44. The van der Waals surface area contributed by atoms with Crippen LogP contribution in [0.15, 0.2) is 34.9 Å². The van der Waals surface area contributed by atoms with Gasteiger partial charge in [0, 0.05) is 12.0 Å². The van der Waals surface area contributed by atoms with E-state index >= 15 is 0 Å². The Kier molecular flexibility index (Phi) is 6.77. The Morgan fingerprint density at radius 2 is 1.86 bits per heavy atom. The summed E-state index contributed by atoms with van der Waals surface area (Å²) in [6.07, 6.45) is 0.389. The van der Waals surface area contributed by atoms with Crippen molar-refractivity contribution in [2.75, 3.05) is 27.9 Å². The molecule has 1 aromatic carbocycles. The third kappa shape index (κ3) is 3.56. The monoisotopic (exact) mass is 388 g/mol. The Hall–Kier alpha value is -3.34. The molecule has 1 unspecified atom stereocenters. The fraction of sp³-hybridized carbons (Fsp3) is 0.400. The van der Waals surface area contributed by atoms with E-state index in [1.807, 2.05) is 6.92 Å². The number of hydrogen-bond acceptors (Lipinski definition) is 8. The van der Waals surface area contributed by atoms with Crippen LogP contribution in [0.5, 0.6) is 17.2 Å². The molecule has 0 saturated carbocycles. The van der Waals surface area contributed by atoms with E-state index in [0.717, 1.165) is 0 Å². The Bertz CT molecular complexity index is 866. The number of esters is 1. The van der Waals surface area contributed by atoms with Crippen LogP contribution < -0.4 is 19.9 Å². The minimum absolute atomic E-state index is 0.0609. The second-order valence-electron chi connectivity index (χ2n) is 5.76. The number of benzene rings is 1. The lowest BCUT2D eigenvalue weighted by Gasteiger charge is -2.29. The summed E-state index contributed by atoms with van der Waals surface area (Å²) in [6.45, 7) is 3.70. The molecule has 0 saturated heterocycles. The third-order valence-electron chi connectivity index (χ3n) is 4.36. The highest BCUT2D eigenvalue weighted by molar-refractivity contribution is 5.93. The van der Waals surface area contributed by atoms with Crippen LogP contribution in [0.1, 0.15) is 31.7 Å². The molecule has 8 heteroatoms. The van der Waals surface area contributed by atoms with Crippen molar-refractivity contribution in [1.82, 2.24) is 0 Å². The Morgan fingerprint density at radius 3 is 2.36 bits per heavy atom. The smallest absolute Gasteiger partial charge is 0.338 e. The molecule has 1 atom stereocenters. The molecule has 0 aromatic heterocycles. The number of allylic oxidation sites excluding steroid dienone is 2. The molecule has 0 aliphatic carbocycles. The number of carbonyl (C=O) groups excluding carboxylic acids is 1. The zero-order chi connectivity index (χ0) is 20.8. The molecule has 1 aromatic rings. The molecule has 1 aliphatic heterocycles. The molecule has 2 rings (SSSR count). The largest absolute Gasteiger partial charge is 0.493 e. The minimum atomic E-state index is -0.831. The van der Waals surface area contributed by atoms with Gasteiger partial charge in [0.2, 0.25) is 11.6 Å². The molecule has 8 nitrogen and oxygen atoms in total. The second-order valence-corrected chi connectivity index (χ2v) is 5.76. The number of nitriles is 1. The first kappa shape index (κ1) is 21.0. The second kappa shape index (κ2) is 9.04. The molecular formula is C20H24N2O6. The van der Waals surface area contributed by atoms with Gasteiger partial charge in [0.05, 0.1) is 39.4 Å². The Balaban J connectivity index is 2.83. The first-order chi connectivity index (χ1) is 13.5. The fourth-order valence-electron chi connectivity index (χ4n) is 3.18. The maximum atomic E-state index is 12.8. The minimum Gasteiger partial charge on any atom is -0.493 e. The van der Waals surface area contributed by atoms with Crippen molar-refractivity contribution in [3.05, 3.63) is 40.5 Å². The fourth-order valence-corrected chi connectivity index (χ4v) is 3.18. The van der Waals surface area contributed by atoms with Gasteiger partial charge in [-0.25, -0.2) is 4.79 Å². The lowest BCUT2D eigenvalue weighted by atomic mass is 9.82. The van der Waals surface area contributed by atoms with Crippen LogP contribution >= 0.6 is 0 Å². The molecule has 0 amide bonds. The molecule has 1 heterocycles. The summed E-state index contributed by atoms with van der Waals surface area (Å²) < 4.78 is 27.1. The Labute approximate surface area is 164 Å². The average molecular weight is 388 g/mol. The van der Waals surface area contributed by atoms with E-state index in [2.05, 4.69) is 6.07 Å². The number of ether oxygens (including phenoxy) is 5. The highest BCUT2D eigenvalue weighted by Gasteiger charge is 2.39. The van der Waals surface area contributed by atoms with Crippen molar-refractivity contribution in [2.45, 2.75) is 26.2 Å². The van der Waals surface area contributed by atoms with Gasteiger partial charge in [-0.3, -0.25) is 0 Å². The quantitative estimate of drug-likeness (QED) is 0.710. The zero-order valence-corrected chi connectivity index (χ0v) is 16.6. The van der Waals surface area contributed by atoms with Gasteiger partial charge in [0.15, 0.2) is 11.5 Å². The van der Waals surface area contributed by atoms with Crippen molar-refractivity contribution in [3.63, 3.8) is 0 Å². The summed E-state index contributed by atoms with van der Waals surface area (Å²) in [5.74, 6) is -0.0179. The number of hydrogen-bond donors (Lipinski definition) is 1. The van der Waals surface area contributed by atoms with Crippen LogP contribution in [-0.4, -0.2) is 33.9 Å². The highest BCUT2D eigenvalue weighted by Crippen LogP contribution is 2.49. The topological polar surface area (TPSA) is 113 Å². The number of nitrogens with zero attached hydrogens (tertiary/aromatic N) is 1. The van der Waals surface area contributed by atoms with Crippen molar-refractivity contribution in [2.24, 2.45) is 5.73 Å². The van der Waals surface area contributed by atoms with E-state index in [-0.39, 0.29) is 23.6 Å². The summed E-state index contributed by atoms with van der Waals surface area (Å²) in [6, 6.07) is 5.43. The molecular weight excluding hydrogens is 364 g/mol. The maximum absolute atomic E-state index is 12.8. The van der Waals surface area contributed by atoms with Gasteiger partial charge in [-0.2, -0.15) is 5.26 Å². The van der Waals surface area contributed by atoms with E-state index in [1.54, 1.807) is 19.1 Å². The molecule has 0 spiro atoms. The third-order valence-corrected chi connectivity index (χ3v) is 4.36. The maximum Gasteiger partial charge on any atom is 0.338 e. The summed E-state index contributed by atoms with van der Waals surface area (Å²) >= 11 is 0. The lowest BCUT2D eigenvalue weighted by molar-refractivity contribution is -0.139. The van der Waals surface area contributed by atoms with E-state index in [9.17, 15) is 10.1 Å². The van der Waals surface area contributed by atoms with Gasteiger partial charge in [0.1, 0.15) is 17.4 Å². The average Bonchev–Trinajstić information content (AvgIpc) is 2.71. The number of rotatable bonds is 7. The van der Waals surface area contributed by atoms with Crippen molar-refractivity contribution >= 4 is 5.97 Å². The zero-order valence-electron chi connectivity index (χ0n) is 16.6. The summed E-state index contributed by atoms with van der Waals surface area (Å²) in [5.41, 5.74) is 6.80. The first-order valence-electron chi connectivity index (χ1n) is 8.75. The van der Waals surface area contributed by atoms with Gasteiger partial charge in [-0.15, -0.1) is 0 Å². The normalized spacial score (nSPS) is 16.2. The summed E-state index contributed by atoms with van der Waals surface area (Å²) in [4.78, 5) is 12.8. The molecule has 2 N–H and O–H groups in total. The van der Waals surface area contributed by atoms with E-state index in [0.29, 0.717) is 35.0 Å².